The minimum atomic E-state index is 0.226. The first-order chi connectivity index (χ1) is 9.83. The van der Waals surface area contributed by atoms with Crippen molar-refractivity contribution in [3.8, 4) is 0 Å². The molecule has 0 aliphatic rings. The van der Waals surface area contributed by atoms with E-state index in [2.05, 4.69) is 46.4 Å². The lowest BCUT2D eigenvalue weighted by atomic mass is 10.0. The first kappa shape index (κ1) is 14.6. The number of aromatic nitrogens is 2. The lowest BCUT2D eigenvalue weighted by Crippen LogP contribution is -2.12. The Bertz CT molecular complexity index is 525. The standard InChI is InChI=1S/C16H19N3S/c1-3-4-10-14(13-8-6-5-7-9-13)17-15-11-12-16(20-2)19-18-15/h3,5-9,11-12,14H,1,4,10H2,2H3,(H,17,18). The summed E-state index contributed by atoms with van der Waals surface area (Å²) in [5.74, 6) is 0.806. The maximum absolute atomic E-state index is 4.22. The molecule has 1 aromatic heterocycles. The van der Waals surface area contributed by atoms with Crippen LogP contribution in [-0.2, 0) is 0 Å². The molecule has 1 aromatic carbocycles. The van der Waals surface area contributed by atoms with Gasteiger partial charge in [0.05, 0.1) is 6.04 Å². The van der Waals surface area contributed by atoms with Gasteiger partial charge in [0, 0.05) is 0 Å². The molecule has 104 valence electrons. The molecule has 4 heteroatoms. The number of thioether (sulfide) groups is 1. The number of hydrogen-bond acceptors (Lipinski definition) is 4. The molecule has 0 saturated heterocycles. The van der Waals surface area contributed by atoms with Gasteiger partial charge in [-0.05, 0) is 36.8 Å². The Hall–Kier alpha value is -1.81. The van der Waals surface area contributed by atoms with Crippen LogP contribution in [0.5, 0.6) is 0 Å². The van der Waals surface area contributed by atoms with E-state index in [9.17, 15) is 0 Å². The van der Waals surface area contributed by atoms with Gasteiger partial charge in [0.15, 0.2) is 0 Å². The van der Waals surface area contributed by atoms with Gasteiger partial charge in [0.2, 0.25) is 0 Å². The van der Waals surface area contributed by atoms with Crippen LogP contribution in [0.3, 0.4) is 0 Å². The van der Waals surface area contributed by atoms with Crippen molar-refractivity contribution in [2.75, 3.05) is 11.6 Å². The van der Waals surface area contributed by atoms with Crippen molar-refractivity contribution < 1.29 is 0 Å². The molecule has 3 nitrogen and oxygen atoms in total. The Kier molecular flexibility index (Phi) is 5.62. The van der Waals surface area contributed by atoms with Crippen LogP contribution in [0, 0.1) is 0 Å². The first-order valence-electron chi connectivity index (χ1n) is 6.63. The monoisotopic (exact) mass is 285 g/mol. The van der Waals surface area contributed by atoms with Crippen LogP contribution in [-0.4, -0.2) is 16.5 Å². The average Bonchev–Trinajstić information content (AvgIpc) is 2.53. The molecule has 2 rings (SSSR count). The van der Waals surface area contributed by atoms with Gasteiger partial charge in [-0.2, -0.15) is 0 Å². The summed E-state index contributed by atoms with van der Waals surface area (Å²) in [7, 11) is 0. The second-order valence-electron chi connectivity index (χ2n) is 4.43. The predicted molar refractivity (Wildman–Crippen MR) is 86.0 cm³/mol. The molecule has 0 radical (unpaired) electrons. The van der Waals surface area contributed by atoms with E-state index in [0.29, 0.717) is 0 Å². The fourth-order valence-corrected chi connectivity index (χ4v) is 2.30. The zero-order chi connectivity index (χ0) is 14.2. The summed E-state index contributed by atoms with van der Waals surface area (Å²) in [6.45, 7) is 3.80. The van der Waals surface area contributed by atoms with Crippen molar-refractivity contribution in [2.45, 2.75) is 23.9 Å². The molecule has 0 saturated carbocycles. The van der Waals surface area contributed by atoms with Crippen molar-refractivity contribution in [1.82, 2.24) is 10.2 Å². The lowest BCUT2D eigenvalue weighted by Gasteiger charge is -2.19. The molecular formula is C16H19N3S. The maximum atomic E-state index is 4.22. The summed E-state index contributed by atoms with van der Waals surface area (Å²) in [6.07, 6.45) is 5.89. The summed E-state index contributed by atoms with van der Waals surface area (Å²) >= 11 is 1.59. The van der Waals surface area contributed by atoms with Crippen LogP contribution in [0.1, 0.15) is 24.4 Å². The minimum Gasteiger partial charge on any atom is -0.362 e. The van der Waals surface area contributed by atoms with Crippen molar-refractivity contribution in [2.24, 2.45) is 0 Å². The maximum Gasteiger partial charge on any atom is 0.149 e. The van der Waals surface area contributed by atoms with E-state index in [1.165, 1.54) is 5.56 Å². The number of nitrogens with zero attached hydrogens (tertiary/aromatic N) is 2. The Morgan fingerprint density at radius 2 is 2.00 bits per heavy atom. The third-order valence-electron chi connectivity index (χ3n) is 3.03. The molecule has 0 spiro atoms. The van der Waals surface area contributed by atoms with E-state index in [0.717, 1.165) is 23.7 Å². The van der Waals surface area contributed by atoms with E-state index in [1.807, 2.05) is 30.5 Å². The number of allylic oxidation sites excluding steroid dienone is 1. The Balaban J connectivity index is 2.12. The Labute approximate surface area is 124 Å². The minimum absolute atomic E-state index is 0.226. The molecule has 0 aliphatic carbocycles. The highest BCUT2D eigenvalue weighted by atomic mass is 32.2. The van der Waals surface area contributed by atoms with Gasteiger partial charge < -0.3 is 5.32 Å². The topological polar surface area (TPSA) is 37.8 Å². The molecule has 0 fully saturated rings. The predicted octanol–water partition coefficient (Wildman–Crippen LogP) is 4.32. The molecule has 1 N–H and O–H groups in total. The third kappa shape index (κ3) is 4.10. The summed E-state index contributed by atoms with van der Waals surface area (Å²) in [6, 6.07) is 14.6. The number of rotatable bonds is 7. The van der Waals surface area contributed by atoms with Crippen molar-refractivity contribution in [3.63, 3.8) is 0 Å². The Morgan fingerprint density at radius 1 is 1.20 bits per heavy atom. The number of nitrogens with one attached hydrogen (secondary N) is 1. The normalized spacial score (nSPS) is 11.8. The van der Waals surface area contributed by atoms with Gasteiger partial charge in [0.25, 0.3) is 0 Å². The van der Waals surface area contributed by atoms with E-state index in [-0.39, 0.29) is 6.04 Å². The highest BCUT2D eigenvalue weighted by Gasteiger charge is 2.11. The van der Waals surface area contributed by atoms with Crippen LogP contribution in [0.4, 0.5) is 5.82 Å². The van der Waals surface area contributed by atoms with Crippen LogP contribution in [0.25, 0.3) is 0 Å². The van der Waals surface area contributed by atoms with Crippen LogP contribution < -0.4 is 5.32 Å². The van der Waals surface area contributed by atoms with E-state index in [1.54, 1.807) is 11.8 Å². The highest BCUT2D eigenvalue weighted by molar-refractivity contribution is 7.98. The van der Waals surface area contributed by atoms with E-state index >= 15 is 0 Å². The van der Waals surface area contributed by atoms with E-state index in [4.69, 9.17) is 0 Å². The SMILES string of the molecule is C=CCCC(Nc1ccc(SC)nn1)c1ccccc1. The highest BCUT2D eigenvalue weighted by Crippen LogP contribution is 2.23. The summed E-state index contributed by atoms with van der Waals surface area (Å²) in [5, 5.41) is 12.7. The van der Waals surface area contributed by atoms with Gasteiger partial charge >= 0.3 is 0 Å². The van der Waals surface area contributed by atoms with Gasteiger partial charge in [-0.1, -0.05) is 36.4 Å². The van der Waals surface area contributed by atoms with Gasteiger partial charge in [-0.3, -0.25) is 0 Å². The third-order valence-corrected chi connectivity index (χ3v) is 3.67. The molecule has 2 aromatic rings. The Morgan fingerprint density at radius 3 is 2.60 bits per heavy atom. The average molecular weight is 285 g/mol. The lowest BCUT2D eigenvalue weighted by molar-refractivity contribution is 0.697. The molecule has 1 heterocycles. The van der Waals surface area contributed by atoms with Gasteiger partial charge in [-0.25, -0.2) is 0 Å². The molecule has 20 heavy (non-hydrogen) atoms. The second-order valence-corrected chi connectivity index (χ2v) is 5.26. The molecule has 0 bridgehead atoms. The van der Waals surface area contributed by atoms with Crippen LogP contribution in [0.15, 0.2) is 60.1 Å². The smallest absolute Gasteiger partial charge is 0.149 e. The molecule has 0 amide bonds. The van der Waals surface area contributed by atoms with Crippen LogP contribution >= 0.6 is 11.8 Å². The number of hydrogen-bond donors (Lipinski definition) is 1. The molecular weight excluding hydrogens is 266 g/mol. The fraction of sp³-hybridized carbons (Fsp3) is 0.250. The van der Waals surface area contributed by atoms with Gasteiger partial charge in [-0.15, -0.1) is 28.5 Å². The van der Waals surface area contributed by atoms with Crippen molar-refractivity contribution in [1.29, 1.82) is 0 Å². The largest absolute Gasteiger partial charge is 0.362 e. The zero-order valence-corrected chi connectivity index (χ0v) is 12.4. The summed E-state index contributed by atoms with van der Waals surface area (Å²) in [5.41, 5.74) is 1.25. The summed E-state index contributed by atoms with van der Waals surface area (Å²) < 4.78 is 0. The molecule has 0 aliphatic heterocycles. The number of benzene rings is 1. The van der Waals surface area contributed by atoms with Crippen molar-refractivity contribution in [3.05, 3.63) is 60.7 Å². The molecule has 1 atom stereocenters. The quantitative estimate of drug-likeness (QED) is 0.607. The van der Waals surface area contributed by atoms with Crippen LogP contribution in [0.2, 0.25) is 0 Å². The number of anilines is 1. The molecule has 1 unspecified atom stereocenters. The first-order valence-corrected chi connectivity index (χ1v) is 7.86. The van der Waals surface area contributed by atoms with Gasteiger partial charge in [0.1, 0.15) is 10.8 Å². The fourth-order valence-electron chi connectivity index (χ4n) is 1.98. The second kappa shape index (κ2) is 7.70. The van der Waals surface area contributed by atoms with E-state index < -0.39 is 0 Å². The zero-order valence-electron chi connectivity index (χ0n) is 11.6. The summed E-state index contributed by atoms with van der Waals surface area (Å²) in [4.78, 5) is 0. The van der Waals surface area contributed by atoms with Crippen molar-refractivity contribution >= 4 is 17.6 Å².